The number of nitrogens with zero attached hydrogens (tertiary/aromatic N) is 1. The fraction of sp³-hybridized carbons (Fsp3) is 0.632. The number of hydrogen-bond acceptors (Lipinski definition) is 2. The third kappa shape index (κ3) is 5.99. The first-order chi connectivity index (χ1) is 11.7. The van der Waals surface area contributed by atoms with E-state index in [1.807, 2.05) is 19.2 Å². The van der Waals surface area contributed by atoms with Gasteiger partial charge >= 0.3 is 0 Å². The molecule has 134 valence electrons. The van der Waals surface area contributed by atoms with Crippen molar-refractivity contribution in [2.24, 2.45) is 10.4 Å². The highest BCUT2D eigenvalue weighted by Crippen LogP contribution is 2.43. The summed E-state index contributed by atoms with van der Waals surface area (Å²) in [4.78, 5) is 4.33. The lowest BCUT2D eigenvalue weighted by Crippen LogP contribution is -2.47. The van der Waals surface area contributed by atoms with Crippen LogP contribution in [0.2, 0.25) is 5.02 Å². The molecule has 1 fully saturated rings. The van der Waals surface area contributed by atoms with Crippen LogP contribution in [0, 0.1) is 5.41 Å². The van der Waals surface area contributed by atoms with Crippen molar-refractivity contribution in [3.63, 3.8) is 0 Å². The molecule has 2 N–H and O–H groups in total. The number of methoxy groups -OCH3 is 1. The van der Waals surface area contributed by atoms with Crippen molar-refractivity contribution in [1.29, 1.82) is 0 Å². The molecule has 5 heteroatoms. The summed E-state index contributed by atoms with van der Waals surface area (Å²) in [5, 5.41) is 7.69. The lowest BCUT2D eigenvalue weighted by Gasteiger charge is -2.42. The Morgan fingerprint density at radius 2 is 2.00 bits per heavy atom. The molecular weight excluding hydrogens is 322 g/mol. The van der Waals surface area contributed by atoms with E-state index >= 15 is 0 Å². The Labute approximate surface area is 151 Å². The van der Waals surface area contributed by atoms with Gasteiger partial charge in [-0.1, -0.05) is 30.2 Å². The molecule has 0 unspecified atom stereocenters. The van der Waals surface area contributed by atoms with Crippen LogP contribution in [0.5, 0.6) is 0 Å². The fourth-order valence-corrected chi connectivity index (χ4v) is 3.28. The van der Waals surface area contributed by atoms with Gasteiger partial charge in [0.25, 0.3) is 0 Å². The first-order valence-electron chi connectivity index (χ1n) is 8.85. The van der Waals surface area contributed by atoms with Crippen molar-refractivity contribution in [2.75, 3.05) is 33.9 Å². The van der Waals surface area contributed by atoms with Gasteiger partial charge in [-0.3, -0.25) is 4.99 Å². The van der Waals surface area contributed by atoms with Crippen molar-refractivity contribution >= 4 is 17.6 Å². The average Bonchev–Trinajstić information content (AvgIpc) is 2.57. The van der Waals surface area contributed by atoms with E-state index in [1.165, 1.54) is 24.8 Å². The zero-order valence-corrected chi connectivity index (χ0v) is 15.7. The maximum absolute atomic E-state index is 5.91. The monoisotopic (exact) mass is 351 g/mol. The lowest BCUT2D eigenvalue weighted by atomic mass is 9.67. The number of hydrogen-bond donors (Lipinski definition) is 2. The number of nitrogens with one attached hydrogen (secondary N) is 2. The van der Waals surface area contributed by atoms with Crippen molar-refractivity contribution in [1.82, 2.24) is 10.6 Å². The summed E-state index contributed by atoms with van der Waals surface area (Å²) in [7, 11) is 3.61. The molecule has 1 aliphatic rings. The van der Waals surface area contributed by atoms with E-state index in [4.69, 9.17) is 16.3 Å². The Balaban J connectivity index is 1.66. The Hall–Kier alpha value is -1.26. The summed E-state index contributed by atoms with van der Waals surface area (Å²) in [6, 6.07) is 8.07. The molecule has 1 aliphatic carbocycles. The quantitative estimate of drug-likeness (QED) is 0.405. The maximum atomic E-state index is 5.91. The Bertz CT molecular complexity index is 512. The molecule has 24 heavy (non-hydrogen) atoms. The highest BCUT2D eigenvalue weighted by molar-refractivity contribution is 6.30. The van der Waals surface area contributed by atoms with Crippen LogP contribution < -0.4 is 10.6 Å². The Kier molecular flexibility index (Phi) is 7.86. The molecule has 0 aliphatic heterocycles. The average molecular weight is 352 g/mol. The molecule has 4 nitrogen and oxygen atoms in total. The summed E-state index contributed by atoms with van der Waals surface area (Å²) >= 11 is 5.91. The number of aryl methyl sites for hydroxylation is 1. The Morgan fingerprint density at radius 3 is 2.58 bits per heavy atom. The fourth-order valence-electron chi connectivity index (χ4n) is 3.15. The molecule has 0 heterocycles. The van der Waals surface area contributed by atoms with Gasteiger partial charge in [0, 0.05) is 38.9 Å². The van der Waals surface area contributed by atoms with Crippen molar-refractivity contribution in [3.8, 4) is 0 Å². The van der Waals surface area contributed by atoms with Gasteiger partial charge in [-0.25, -0.2) is 0 Å². The Morgan fingerprint density at radius 1 is 1.25 bits per heavy atom. The van der Waals surface area contributed by atoms with E-state index in [-0.39, 0.29) is 0 Å². The first-order valence-corrected chi connectivity index (χ1v) is 9.23. The molecule has 0 saturated heterocycles. The van der Waals surface area contributed by atoms with Crippen LogP contribution >= 0.6 is 11.6 Å². The second kappa shape index (κ2) is 9.90. The largest absolute Gasteiger partial charge is 0.385 e. The molecular formula is C19H30ClN3O. The second-order valence-corrected chi connectivity index (χ2v) is 7.12. The highest BCUT2D eigenvalue weighted by atomic mass is 35.5. The number of benzene rings is 1. The number of halogens is 1. The van der Waals surface area contributed by atoms with Gasteiger partial charge in [0.05, 0.1) is 0 Å². The molecule has 2 rings (SSSR count). The lowest BCUT2D eigenvalue weighted by molar-refractivity contribution is 0.0732. The highest BCUT2D eigenvalue weighted by Gasteiger charge is 2.36. The molecule has 0 atom stereocenters. The van der Waals surface area contributed by atoms with Gasteiger partial charge in [0.15, 0.2) is 5.96 Å². The number of guanidine groups is 1. The molecule has 1 saturated carbocycles. The van der Waals surface area contributed by atoms with Crippen LogP contribution in [-0.4, -0.2) is 39.8 Å². The third-order valence-electron chi connectivity index (χ3n) is 4.95. The van der Waals surface area contributed by atoms with E-state index in [9.17, 15) is 0 Å². The number of rotatable bonds is 9. The minimum Gasteiger partial charge on any atom is -0.385 e. The summed E-state index contributed by atoms with van der Waals surface area (Å²) in [5.74, 6) is 0.898. The second-order valence-electron chi connectivity index (χ2n) is 6.68. The summed E-state index contributed by atoms with van der Waals surface area (Å²) in [6.07, 6.45) is 7.15. The summed E-state index contributed by atoms with van der Waals surface area (Å²) < 4.78 is 5.25. The SMILES string of the molecule is CN=C(NCCCc1ccc(Cl)cc1)NCC1(CCOC)CCC1. The van der Waals surface area contributed by atoms with Gasteiger partial charge in [0.1, 0.15) is 0 Å². The van der Waals surface area contributed by atoms with E-state index in [1.54, 1.807) is 7.11 Å². The van der Waals surface area contributed by atoms with Crippen LogP contribution in [0.3, 0.4) is 0 Å². The van der Waals surface area contributed by atoms with E-state index in [0.29, 0.717) is 5.41 Å². The van der Waals surface area contributed by atoms with E-state index in [2.05, 4.69) is 27.8 Å². The minimum absolute atomic E-state index is 0.400. The number of aliphatic imine (C=N–C) groups is 1. The van der Waals surface area contributed by atoms with Gasteiger partial charge in [0.2, 0.25) is 0 Å². The zero-order chi connectivity index (χ0) is 17.3. The molecule has 0 amide bonds. The molecule has 0 bridgehead atoms. The first kappa shape index (κ1) is 19.1. The van der Waals surface area contributed by atoms with Crippen LogP contribution in [0.1, 0.15) is 37.7 Å². The zero-order valence-electron chi connectivity index (χ0n) is 14.9. The van der Waals surface area contributed by atoms with Crippen molar-refractivity contribution in [3.05, 3.63) is 34.9 Å². The summed E-state index contributed by atoms with van der Waals surface area (Å²) in [6.45, 7) is 2.73. The molecule has 0 radical (unpaired) electrons. The summed E-state index contributed by atoms with van der Waals surface area (Å²) in [5.41, 5.74) is 1.72. The minimum atomic E-state index is 0.400. The molecule has 1 aromatic rings. The van der Waals surface area contributed by atoms with Crippen LogP contribution in [0.4, 0.5) is 0 Å². The van der Waals surface area contributed by atoms with Crippen molar-refractivity contribution in [2.45, 2.75) is 38.5 Å². The van der Waals surface area contributed by atoms with Gasteiger partial charge < -0.3 is 15.4 Å². The maximum Gasteiger partial charge on any atom is 0.190 e. The van der Waals surface area contributed by atoms with Crippen molar-refractivity contribution < 1.29 is 4.74 Å². The van der Waals surface area contributed by atoms with Crippen LogP contribution in [0.15, 0.2) is 29.3 Å². The standard InChI is InChI=1S/C19H30ClN3O/c1-21-18(23-15-19(10-4-11-19)12-14-24-2)22-13-3-5-16-6-8-17(20)9-7-16/h6-9H,3-5,10-15H2,1-2H3,(H2,21,22,23). The smallest absolute Gasteiger partial charge is 0.190 e. The molecule has 0 aromatic heterocycles. The van der Waals surface area contributed by atoms with E-state index < -0.39 is 0 Å². The molecule has 0 spiro atoms. The molecule has 1 aromatic carbocycles. The third-order valence-corrected chi connectivity index (χ3v) is 5.21. The van der Waals surface area contributed by atoms with E-state index in [0.717, 1.165) is 49.9 Å². The van der Waals surface area contributed by atoms with Gasteiger partial charge in [-0.15, -0.1) is 0 Å². The topological polar surface area (TPSA) is 45.7 Å². The normalized spacial score (nSPS) is 16.5. The van der Waals surface area contributed by atoms with Crippen LogP contribution in [0.25, 0.3) is 0 Å². The van der Waals surface area contributed by atoms with Crippen LogP contribution in [-0.2, 0) is 11.2 Å². The van der Waals surface area contributed by atoms with Gasteiger partial charge in [-0.2, -0.15) is 0 Å². The predicted octanol–water partition coefficient (Wildman–Crippen LogP) is 3.64. The number of ether oxygens (including phenoxy) is 1. The predicted molar refractivity (Wildman–Crippen MR) is 102 cm³/mol. The van der Waals surface area contributed by atoms with Gasteiger partial charge in [-0.05, 0) is 55.2 Å².